The maximum Gasteiger partial charge on any atom is 0.226 e. The zero-order valence-corrected chi connectivity index (χ0v) is 15.5. The molecule has 1 saturated heterocycles. The smallest absolute Gasteiger partial charge is 0.226 e. The number of thiophene rings is 1. The number of likely N-dealkylation sites (tertiary alicyclic amines) is 1. The molecule has 1 aliphatic heterocycles. The van der Waals surface area contributed by atoms with Crippen LogP contribution in [0.2, 0.25) is 0 Å². The van der Waals surface area contributed by atoms with Gasteiger partial charge in [0.25, 0.3) is 0 Å². The fourth-order valence-electron chi connectivity index (χ4n) is 3.37. The molecule has 1 aromatic carbocycles. The Hall–Kier alpha value is -2.16. The first-order valence-electron chi connectivity index (χ1n) is 8.67. The van der Waals surface area contributed by atoms with Crippen LogP contribution >= 0.6 is 11.3 Å². The Morgan fingerprint density at radius 2 is 2.20 bits per heavy atom. The summed E-state index contributed by atoms with van der Waals surface area (Å²) in [6, 6.07) is 10.9. The minimum absolute atomic E-state index is 0.0234. The second-order valence-corrected chi connectivity index (χ2v) is 7.53. The molecule has 1 N–H and O–H groups in total. The summed E-state index contributed by atoms with van der Waals surface area (Å²) in [5, 5.41) is 14.4. The minimum Gasteiger partial charge on any atom is -0.317 e. The number of nitrogens with zero attached hydrogens (tertiary/aromatic N) is 2. The summed E-state index contributed by atoms with van der Waals surface area (Å²) in [5.74, 6) is -0.0234. The van der Waals surface area contributed by atoms with Gasteiger partial charge >= 0.3 is 0 Å². The van der Waals surface area contributed by atoms with Crippen LogP contribution in [0.3, 0.4) is 0 Å². The van der Waals surface area contributed by atoms with Crippen molar-refractivity contribution < 1.29 is 4.79 Å². The van der Waals surface area contributed by atoms with Crippen LogP contribution in [0, 0.1) is 25.2 Å². The monoisotopic (exact) mass is 353 g/mol. The van der Waals surface area contributed by atoms with Crippen molar-refractivity contribution in [2.45, 2.75) is 39.2 Å². The van der Waals surface area contributed by atoms with Gasteiger partial charge in [0.05, 0.1) is 5.56 Å². The van der Waals surface area contributed by atoms with Gasteiger partial charge in [0.2, 0.25) is 5.91 Å². The van der Waals surface area contributed by atoms with Gasteiger partial charge in [-0.3, -0.25) is 9.69 Å². The van der Waals surface area contributed by atoms with Crippen LogP contribution < -0.4 is 5.32 Å². The number of nitriles is 1. The first kappa shape index (κ1) is 17.7. The Balaban J connectivity index is 1.59. The summed E-state index contributed by atoms with van der Waals surface area (Å²) < 4.78 is 0. The molecule has 2 aromatic rings. The van der Waals surface area contributed by atoms with E-state index in [1.807, 2.05) is 5.38 Å². The highest BCUT2D eigenvalue weighted by molar-refractivity contribution is 7.14. The predicted octanol–water partition coefficient (Wildman–Crippen LogP) is 4.40. The third-order valence-electron chi connectivity index (χ3n) is 4.94. The van der Waals surface area contributed by atoms with E-state index in [0.29, 0.717) is 23.0 Å². The van der Waals surface area contributed by atoms with Crippen molar-refractivity contribution in [3.05, 3.63) is 51.9 Å². The van der Waals surface area contributed by atoms with E-state index in [4.69, 9.17) is 5.26 Å². The lowest BCUT2D eigenvalue weighted by Gasteiger charge is -2.25. The number of carbonyl (C=O) groups excluding carboxylic acids is 1. The third-order valence-corrected chi connectivity index (χ3v) is 5.77. The Morgan fingerprint density at radius 1 is 1.36 bits per heavy atom. The van der Waals surface area contributed by atoms with Gasteiger partial charge in [-0.15, -0.1) is 11.3 Å². The molecule has 1 aromatic heterocycles. The van der Waals surface area contributed by atoms with Gasteiger partial charge in [0, 0.05) is 19.0 Å². The fraction of sp³-hybridized carbons (Fsp3) is 0.400. The molecule has 1 atom stereocenters. The van der Waals surface area contributed by atoms with E-state index in [-0.39, 0.29) is 5.91 Å². The van der Waals surface area contributed by atoms with Gasteiger partial charge in [-0.25, -0.2) is 0 Å². The number of hydrogen-bond donors (Lipinski definition) is 1. The van der Waals surface area contributed by atoms with Crippen molar-refractivity contribution in [3.8, 4) is 6.07 Å². The summed E-state index contributed by atoms with van der Waals surface area (Å²) >= 11 is 1.39. The van der Waals surface area contributed by atoms with Gasteiger partial charge in [-0.2, -0.15) is 5.26 Å². The molecule has 4 nitrogen and oxygen atoms in total. The number of anilines is 1. The lowest BCUT2D eigenvalue weighted by Crippen LogP contribution is -2.27. The zero-order chi connectivity index (χ0) is 17.8. The molecule has 3 rings (SSSR count). The molecule has 0 spiro atoms. The molecular formula is C20H23N3OS. The number of benzene rings is 1. The number of aryl methyl sites for hydroxylation is 2. The Labute approximate surface area is 153 Å². The zero-order valence-electron chi connectivity index (χ0n) is 14.7. The summed E-state index contributed by atoms with van der Waals surface area (Å²) in [7, 11) is 0. The summed E-state index contributed by atoms with van der Waals surface area (Å²) in [4.78, 5) is 14.6. The van der Waals surface area contributed by atoms with Gasteiger partial charge in [0.15, 0.2) is 0 Å². The maximum atomic E-state index is 12.2. The standard InChI is InChI=1S/C20H23N3OS/c1-14-5-6-16(12-15(14)2)18-4-3-9-23(18)10-7-19(24)22-20-17(13-21)8-11-25-20/h5-6,8,11-12,18H,3-4,7,9-10H2,1-2H3,(H,22,24). The van der Waals surface area contributed by atoms with Crippen molar-refractivity contribution in [1.82, 2.24) is 4.90 Å². The molecule has 0 saturated carbocycles. The molecule has 1 unspecified atom stereocenters. The molecule has 1 amide bonds. The van der Waals surface area contributed by atoms with Crippen LogP contribution in [-0.2, 0) is 4.79 Å². The van der Waals surface area contributed by atoms with E-state index < -0.39 is 0 Å². The van der Waals surface area contributed by atoms with Gasteiger partial charge < -0.3 is 5.32 Å². The van der Waals surface area contributed by atoms with Crippen LogP contribution in [0.1, 0.15) is 47.6 Å². The molecule has 1 fully saturated rings. The highest BCUT2D eigenvalue weighted by atomic mass is 32.1. The normalized spacial score (nSPS) is 17.4. The molecule has 0 bridgehead atoms. The quantitative estimate of drug-likeness (QED) is 0.866. The summed E-state index contributed by atoms with van der Waals surface area (Å²) in [6.07, 6.45) is 2.76. The van der Waals surface area contributed by atoms with Crippen LogP contribution in [-0.4, -0.2) is 23.9 Å². The number of nitrogens with one attached hydrogen (secondary N) is 1. The Morgan fingerprint density at radius 3 is 2.96 bits per heavy atom. The van der Waals surface area contributed by atoms with Gasteiger partial charge in [0.1, 0.15) is 11.1 Å². The highest BCUT2D eigenvalue weighted by Crippen LogP contribution is 2.32. The number of amides is 1. The van der Waals surface area contributed by atoms with Crippen molar-refractivity contribution in [3.63, 3.8) is 0 Å². The lowest BCUT2D eigenvalue weighted by atomic mass is 9.99. The number of rotatable bonds is 5. The highest BCUT2D eigenvalue weighted by Gasteiger charge is 2.26. The minimum atomic E-state index is -0.0234. The van der Waals surface area contributed by atoms with Crippen molar-refractivity contribution >= 4 is 22.2 Å². The predicted molar refractivity (Wildman–Crippen MR) is 102 cm³/mol. The Bertz CT molecular complexity index is 806. The topological polar surface area (TPSA) is 56.1 Å². The van der Waals surface area contributed by atoms with Crippen LogP contribution in [0.15, 0.2) is 29.6 Å². The molecule has 1 aliphatic rings. The summed E-state index contributed by atoms with van der Waals surface area (Å²) in [6.45, 7) is 6.07. The average Bonchev–Trinajstić information content (AvgIpc) is 3.24. The molecule has 25 heavy (non-hydrogen) atoms. The first-order chi connectivity index (χ1) is 12.1. The largest absolute Gasteiger partial charge is 0.317 e. The molecule has 130 valence electrons. The van der Waals surface area contributed by atoms with Crippen molar-refractivity contribution in [1.29, 1.82) is 5.26 Å². The fourth-order valence-corrected chi connectivity index (χ4v) is 4.13. The molecule has 5 heteroatoms. The van der Waals surface area contributed by atoms with Crippen LogP contribution in [0.4, 0.5) is 5.00 Å². The second kappa shape index (κ2) is 7.81. The van der Waals surface area contributed by atoms with E-state index in [1.54, 1.807) is 6.07 Å². The number of hydrogen-bond acceptors (Lipinski definition) is 4. The third kappa shape index (κ3) is 4.09. The molecular weight excluding hydrogens is 330 g/mol. The van der Waals surface area contributed by atoms with Crippen LogP contribution in [0.25, 0.3) is 0 Å². The lowest BCUT2D eigenvalue weighted by molar-refractivity contribution is -0.116. The maximum absolute atomic E-state index is 12.2. The number of carbonyl (C=O) groups is 1. The van der Waals surface area contributed by atoms with E-state index in [0.717, 1.165) is 19.5 Å². The first-order valence-corrected chi connectivity index (χ1v) is 9.55. The van der Waals surface area contributed by atoms with E-state index in [9.17, 15) is 4.79 Å². The summed E-state index contributed by atoms with van der Waals surface area (Å²) in [5.41, 5.74) is 4.53. The Kier molecular flexibility index (Phi) is 5.52. The molecule has 0 radical (unpaired) electrons. The van der Waals surface area contributed by atoms with E-state index in [1.165, 1.54) is 34.4 Å². The second-order valence-electron chi connectivity index (χ2n) is 6.61. The molecule has 0 aliphatic carbocycles. The van der Waals surface area contributed by atoms with E-state index in [2.05, 4.69) is 48.3 Å². The molecule has 2 heterocycles. The van der Waals surface area contributed by atoms with Crippen molar-refractivity contribution in [2.24, 2.45) is 0 Å². The average molecular weight is 353 g/mol. The van der Waals surface area contributed by atoms with E-state index >= 15 is 0 Å². The van der Waals surface area contributed by atoms with Gasteiger partial charge in [-0.05, 0) is 61.4 Å². The van der Waals surface area contributed by atoms with Crippen molar-refractivity contribution in [2.75, 3.05) is 18.4 Å². The van der Waals surface area contributed by atoms with Gasteiger partial charge in [-0.1, -0.05) is 18.2 Å². The van der Waals surface area contributed by atoms with Crippen LogP contribution in [0.5, 0.6) is 0 Å². The SMILES string of the molecule is Cc1ccc(C2CCCN2CCC(=O)Nc2sccc2C#N)cc1C.